The Morgan fingerprint density at radius 2 is 2.16 bits per heavy atom. The van der Waals surface area contributed by atoms with E-state index in [1.807, 2.05) is 32.6 Å². The highest BCUT2D eigenvalue weighted by Crippen LogP contribution is 2.40. The van der Waals surface area contributed by atoms with Crippen molar-refractivity contribution in [2.24, 2.45) is 0 Å². The molecule has 0 radical (unpaired) electrons. The molecule has 0 spiro atoms. The predicted molar refractivity (Wildman–Crippen MR) is 73.2 cm³/mol. The number of methoxy groups -OCH3 is 1. The van der Waals surface area contributed by atoms with Crippen molar-refractivity contribution in [3.63, 3.8) is 0 Å². The van der Waals surface area contributed by atoms with Crippen LogP contribution in [-0.4, -0.2) is 54.5 Å². The lowest BCUT2D eigenvalue weighted by Crippen LogP contribution is -2.67. The van der Waals surface area contributed by atoms with Crippen LogP contribution < -0.4 is 5.32 Å². The summed E-state index contributed by atoms with van der Waals surface area (Å²) in [6.07, 6.45) is 1.77. The maximum absolute atomic E-state index is 12.5. The van der Waals surface area contributed by atoms with Gasteiger partial charge in [-0.15, -0.1) is 0 Å². The Labute approximate surface area is 115 Å². The first-order chi connectivity index (χ1) is 8.80. The first kappa shape index (κ1) is 14.6. The second-order valence-electron chi connectivity index (χ2n) is 6.66. The number of piperazine rings is 1. The van der Waals surface area contributed by atoms with Gasteiger partial charge in [-0.25, -0.2) is 4.79 Å². The molecule has 3 atom stereocenters. The summed E-state index contributed by atoms with van der Waals surface area (Å²) in [6, 6.07) is 0.223. The topological polar surface area (TPSA) is 50.8 Å². The number of ether oxygens (including phenoxy) is 2. The zero-order chi connectivity index (χ0) is 14.3. The highest BCUT2D eigenvalue weighted by atomic mass is 16.6. The lowest BCUT2D eigenvalue weighted by molar-refractivity contribution is -0.0602. The third-order valence-corrected chi connectivity index (χ3v) is 4.27. The Bertz CT molecular complexity index is 349. The average Bonchev–Trinajstić information content (AvgIpc) is 2.54. The van der Waals surface area contributed by atoms with Crippen LogP contribution in [0.25, 0.3) is 0 Å². The maximum atomic E-state index is 12.5. The minimum atomic E-state index is -0.459. The maximum Gasteiger partial charge on any atom is 0.411 e. The molecule has 0 aromatic rings. The van der Waals surface area contributed by atoms with Crippen LogP contribution in [0.1, 0.15) is 40.5 Å². The Kier molecular flexibility index (Phi) is 3.80. The van der Waals surface area contributed by atoms with Gasteiger partial charge in [-0.2, -0.15) is 0 Å². The molecule has 110 valence electrons. The van der Waals surface area contributed by atoms with Gasteiger partial charge >= 0.3 is 6.09 Å². The molecule has 2 bridgehead atoms. The van der Waals surface area contributed by atoms with E-state index in [1.54, 1.807) is 7.11 Å². The Hall–Kier alpha value is -0.810. The van der Waals surface area contributed by atoms with Crippen molar-refractivity contribution in [3.05, 3.63) is 0 Å². The van der Waals surface area contributed by atoms with Crippen molar-refractivity contribution in [2.45, 2.75) is 63.8 Å². The van der Waals surface area contributed by atoms with Gasteiger partial charge in [0, 0.05) is 26.2 Å². The van der Waals surface area contributed by atoms with E-state index in [2.05, 4.69) is 5.32 Å². The standard InChI is InChI=1S/C14H26N2O3/c1-10(18-5)14-7-6-11(8-15-9-14)16(14)12(17)19-13(2,3)4/h10-11,15H,6-9H2,1-5H3. The van der Waals surface area contributed by atoms with E-state index in [1.165, 1.54) is 0 Å². The van der Waals surface area contributed by atoms with Gasteiger partial charge in [0.2, 0.25) is 0 Å². The first-order valence-corrected chi connectivity index (χ1v) is 7.06. The molecule has 19 heavy (non-hydrogen) atoms. The largest absolute Gasteiger partial charge is 0.444 e. The molecule has 2 aliphatic rings. The van der Waals surface area contributed by atoms with Gasteiger partial charge < -0.3 is 14.8 Å². The van der Waals surface area contributed by atoms with Crippen LogP contribution in [0.4, 0.5) is 4.79 Å². The fraction of sp³-hybridized carbons (Fsp3) is 0.929. The Balaban J connectivity index is 2.23. The van der Waals surface area contributed by atoms with Crippen molar-refractivity contribution >= 4 is 6.09 Å². The second kappa shape index (κ2) is 4.94. The van der Waals surface area contributed by atoms with Crippen LogP contribution in [0.5, 0.6) is 0 Å². The molecule has 2 rings (SSSR count). The lowest BCUT2D eigenvalue weighted by atomic mass is 9.89. The van der Waals surface area contributed by atoms with E-state index in [0.29, 0.717) is 0 Å². The van der Waals surface area contributed by atoms with Crippen molar-refractivity contribution in [1.82, 2.24) is 10.2 Å². The average molecular weight is 270 g/mol. The summed E-state index contributed by atoms with van der Waals surface area (Å²) < 4.78 is 11.1. The molecule has 0 saturated carbocycles. The fourth-order valence-corrected chi connectivity index (χ4v) is 3.26. The number of nitrogens with one attached hydrogen (secondary N) is 1. The number of carbonyl (C=O) groups excluding carboxylic acids is 1. The van der Waals surface area contributed by atoms with Crippen molar-refractivity contribution in [1.29, 1.82) is 0 Å². The van der Waals surface area contributed by atoms with Gasteiger partial charge in [0.05, 0.1) is 11.6 Å². The first-order valence-electron chi connectivity index (χ1n) is 7.06. The van der Waals surface area contributed by atoms with E-state index < -0.39 is 5.60 Å². The molecule has 5 nitrogen and oxygen atoms in total. The van der Waals surface area contributed by atoms with E-state index in [9.17, 15) is 4.79 Å². The van der Waals surface area contributed by atoms with Gasteiger partial charge in [0.25, 0.3) is 0 Å². The highest BCUT2D eigenvalue weighted by Gasteiger charge is 2.55. The summed E-state index contributed by atoms with van der Waals surface area (Å²) in [5, 5.41) is 3.42. The SMILES string of the molecule is COC(C)C12CCC(CNC1)N2C(=O)OC(C)(C)C. The smallest absolute Gasteiger partial charge is 0.411 e. The summed E-state index contributed by atoms with van der Waals surface area (Å²) in [6.45, 7) is 9.37. The Morgan fingerprint density at radius 3 is 2.74 bits per heavy atom. The van der Waals surface area contributed by atoms with E-state index in [0.717, 1.165) is 25.9 Å². The third kappa shape index (κ3) is 2.58. The van der Waals surface area contributed by atoms with E-state index in [4.69, 9.17) is 9.47 Å². The predicted octanol–water partition coefficient (Wildman–Crippen LogP) is 1.76. The lowest BCUT2D eigenvalue weighted by Gasteiger charge is -2.47. The molecule has 3 unspecified atom stereocenters. The van der Waals surface area contributed by atoms with Crippen LogP contribution in [0.15, 0.2) is 0 Å². The van der Waals surface area contributed by atoms with Gasteiger partial charge in [0.15, 0.2) is 0 Å². The summed E-state index contributed by atoms with van der Waals surface area (Å²) in [5.74, 6) is 0. The van der Waals surface area contributed by atoms with Crippen LogP contribution in [0.2, 0.25) is 0 Å². The van der Waals surface area contributed by atoms with Gasteiger partial charge in [-0.3, -0.25) is 4.90 Å². The van der Waals surface area contributed by atoms with Crippen LogP contribution >= 0.6 is 0 Å². The summed E-state index contributed by atoms with van der Waals surface area (Å²) in [5.41, 5.74) is -0.723. The molecule has 5 heteroatoms. The second-order valence-corrected chi connectivity index (χ2v) is 6.66. The number of nitrogens with zero attached hydrogens (tertiary/aromatic N) is 1. The minimum Gasteiger partial charge on any atom is -0.444 e. The van der Waals surface area contributed by atoms with Crippen LogP contribution in [0.3, 0.4) is 0 Å². The summed E-state index contributed by atoms with van der Waals surface area (Å²) in [7, 11) is 1.70. The molecule has 2 saturated heterocycles. The number of amides is 1. The molecule has 2 fully saturated rings. The fourth-order valence-electron chi connectivity index (χ4n) is 3.26. The molecule has 1 N–H and O–H groups in total. The normalized spacial score (nSPS) is 32.3. The number of hydrogen-bond acceptors (Lipinski definition) is 4. The molecule has 2 aliphatic heterocycles. The molecular weight excluding hydrogens is 244 g/mol. The van der Waals surface area contributed by atoms with E-state index in [-0.39, 0.29) is 23.8 Å². The molecule has 0 aromatic heterocycles. The number of fused-ring (bicyclic) bond motifs is 2. The van der Waals surface area contributed by atoms with Crippen LogP contribution in [0, 0.1) is 0 Å². The summed E-state index contributed by atoms with van der Waals surface area (Å²) in [4.78, 5) is 14.5. The zero-order valence-corrected chi connectivity index (χ0v) is 12.7. The number of hydrogen-bond donors (Lipinski definition) is 1. The minimum absolute atomic E-state index is 0.00202. The monoisotopic (exact) mass is 270 g/mol. The molecule has 0 aliphatic carbocycles. The molecule has 2 heterocycles. The van der Waals surface area contributed by atoms with Crippen molar-refractivity contribution < 1.29 is 14.3 Å². The van der Waals surface area contributed by atoms with Crippen molar-refractivity contribution in [2.75, 3.05) is 20.2 Å². The van der Waals surface area contributed by atoms with Gasteiger partial charge in [-0.05, 0) is 40.5 Å². The highest BCUT2D eigenvalue weighted by molar-refractivity contribution is 5.71. The molecular formula is C14H26N2O3. The number of rotatable bonds is 2. The van der Waals surface area contributed by atoms with Crippen LogP contribution in [-0.2, 0) is 9.47 Å². The number of carbonyl (C=O) groups is 1. The third-order valence-electron chi connectivity index (χ3n) is 4.27. The quantitative estimate of drug-likeness (QED) is 0.831. The van der Waals surface area contributed by atoms with Crippen molar-refractivity contribution in [3.8, 4) is 0 Å². The van der Waals surface area contributed by atoms with Gasteiger partial charge in [-0.1, -0.05) is 0 Å². The summed E-state index contributed by atoms with van der Waals surface area (Å²) >= 11 is 0. The molecule has 0 aromatic carbocycles. The van der Waals surface area contributed by atoms with Gasteiger partial charge in [0.1, 0.15) is 5.60 Å². The molecule has 1 amide bonds. The zero-order valence-electron chi connectivity index (χ0n) is 12.7. The van der Waals surface area contributed by atoms with E-state index >= 15 is 0 Å². The Morgan fingerprint density at radius 1 is 1.47 bits per heavy atom.